The van der Waals surface area contributed by atoms with Crippen LogP contribution in [0.5, 0.6) is 0 Å². The highest BCUT2D eigenvalue weighted by Crippen LogP contribution is 2.26. The normalized spacial score (nSPS) is 12.6. The van der Waals surface area contributed by atoms with Crippen molar-refractivity contribution in [3.05, 3.63) is 29.8 Å². The van der Waals surface area contributed by atoms with Crippen molar-refractivity contribution in [2.75, 3.05) is 19.3 Å². The van der Waals surface area contributed by atoms with Crippen LogP contribution in [0.25, 0.3) is 0 Å². The Labute approximate surface area is 133 Å². The number of nitrogens with one attached hydrogen (secondary N) is 2. The monoisotopic (exact) mass is 346 g/mol. The van der Waals surface area contributed by atoms with Crippen LogP contribution in [-0.2, 0) is 14.8 Å². The van der Waals surface area contributed by atoms with Gasteiger partial charge < -0.3 is 10.4 Å². The van der Waals surface area contributed by atoms with E-state index in [2.05, 4.69) is 10.0 Å². The smallest absolute Gasteiger partial charge is 0.316 e. The molecule has 0 aliphatic heterocycles. The first-order valence-electron chi connectivity index (χ1n) is 6.42. The largest absolute Gasteiger partial charge is 0.480 e. The minimum atomic E-state index is -3.29. The Morgan fingerprint density at radius 2 is 1.91 bits per heavy atom. The average molecular weight is 346 g/mol. The molecular weight excluding hydrogens is 328 g/mol. The molecule has 9 heteroatoms. The quantitative estimate of drug-likeness (QED) is 0.467. The summed E-state index contributed by atoms with van der Waals surface area (Å²) in [4.78, 5) is 23.6. The summed E-state index contributed by atoms with van der Waals surface area (Å²) in [6, 6.07) is 6.67. The Balaban J connectivity index is 2.67. The van der Waals surface area contributed by atoms with E-state index in [1.165, 1.54) is 6.92 Å². The first-order valence-corrected chi connectivity index (χ1v) is 9.19. The maximum Gasteiger partial charge on any atom is 0.316 e. The molecule has 1 rings (SSSR count). The highest BCUT2D eigenvalue weighted by molar-refractivity contribution is 8.00. The summed E-state index contributed by atoms with van der Waals surface area (Å²) in [6.07, 6.45) is 1.04. The van der Waals surface area contributed by atoms with Gasteiger partial charge in [0.1, 0.15) is 5.25 Å². The summed E-state index contributed by atoms with van der Waals surface area (Å²) >= 11 is 1.08. The lowest BCUT2D eigenvalue weighted by molar-refractivity contribution is -0.136. The number of benzene rings is 1. The van der Waals surface area contributed by atoms with Crippen LogP contribution in [0, 0.1) is 0 Å². The molecule has 1 aromatic carbocycles. The summed E-state index contributed by atoms with van der Waals surface area (Å²) in [5.74, 6) is -1.34. The maximum atomic E-state index is 12.1. The second-order valence-electron chi connectivity index (χ2n) is 4.52. The molecule has 0 saturated carbocycles. The van der Waals surface area contributed by atoms with Crippen molar-refractivity contribution < 1.29 is 23.1 Å². The van der Waals surface area contributed by atoms with Crippen LogP contribution >= 0.6 is 11.8 Å². The van der Waals surface area contributed by atoms with Crippen molar-refractivity contribution >= 4 is 33.7 Å². The average Bonchev–Trinajstić information content (AvgIpc) is 2.42. The lowest BCUT2D eigenvalue weighted by atomic mass is 10.2. The minimum absolute atomic E-state index is 0.0887. The number of hydrogen-bond donors (Lipinski definition) is 3. The van der Waals surface area contributed by atoms with Gasteiger partial charge in [-0.2, -0.15) is 0 Å². The summed E-state index contributed by atoms with van der Waals surface area (Å²) in [5.41, 5.74) is 0.361. The lowest BCUT2D eigenvalue weighted by Gasteiger charge is -2.12. The van der Waals surface area contributed by atoms with Crippen LogP contribution in [-0.4, -0.2) is 50.0 Å². The fraction of sp³-hybridized carbons (Fsp3) is 0.385. The summed E-state index contributed by atoms with van der Waals surface area (Å²) in [7, 11) is -3.29. The highest BCUT2D eigenvalue weighted by atomic mass is 32.2. The summed E-state index contributed by atoms with van der Waals surface area (Å²) in [5, 5.41) is 10.8. The Morgan fingerprint density at radius 3 is 2.50 bits per heavy atom. The molecule has 1 unspecified atom stereocenters. The molecule has 3 N–H and O–H groups in total. The second kappa shape index (κ2) is 8.16. The molecule has 0 heterocycles. The van der Waals surface area contributed by atoms with Crippen LogP contribution in [0.1, 0.15) is 17.3 Å². The molecular formula is C13H18N2O5S2. The van der Waals surface area contributed by atoms with E-state index in [4.69, 9.17) is 5.11 Å². The standard InChI is InChI=1S/C13H18N2O5S2/c1-9(13(17)18)21-11-6-4-3-5-10(11)12(16)14-7-8-15-22(2,19)20/h3-6,9,15H,7-8H2,1-2H3,(H,14,16)(H,17,18). The van der Waals surface area contributed by atoms with Gasteiger partial charge in [-0.15, -0.1) is 11.8 Å². The van der Waals surface area contributed by atoms with Crippen molar-refractivity contribution in [1.29, 1.82) is 0 Å². The third-order valence-electron chi connectivity index (χ3n) is 2.56. The number of carbonyl (C=O) groups excluding carboxylic acids is 1. The number of carbonyl (C=O) groups is 2. The topological polar surface area (TPSA) is 113 Å². The van der Waals surface area contributed by atoms with Gasteiger partial charge in [0.15, 0.2) is 0 Å². The van der Waals surface area contributed by atoms with Gasteiger partial charge in [0.2, 0.25) is 10.0 Å². The number of aliphatic carboxylic acids is 1. The number of carboxylic acids is 1. The first-order chi connectivity index (χ1) is 10.2. The number of hydrogen-bond acceptors (Lipinski definition) is 5. The van der Waals surface area contributed by atoms with Crippen molar-refractivity contribution in [3.8, 4) is 0 Å². The number of thioether (sulfide) groups is 1. The fourth-order valence-electron chi connectivity index (χ4n) is 1.51. The van der Waals surface area contributed by atoms with Gasteiger partial charge in [-0.25, -0.2) is 13.1 Å². The molecule has 22 heavy (non-hydrogen) atoms. The van der Waals surface area contributed by atoms with E-state index in [1.807, 2.05) is 0 Å². The molecule has 1 aromatic rings. The van der Waals surface area contributed by atoms with Crippen LogP contribution in [0.4, 0.5) is 0 Å². The molecule has 0 spiro atoms. The van der Waals surface area contributed by atoms with Gasteiger partial charge in [0.25, 0.3) is 5.91 Å². The summed E-state index contributed by atoms with van der Waals surface area (Å²) in [6.45, 7) is 1.77. The Kier molecular flexibility index (Phi) is 6.85. The maximum absolute atomic E-state index is 12.1. The van der Waals surface area contributed by atoms with Crippen LogP contribution in [0.3, 0.4) is 0 Å². The van der Waals surface area contributed by atoms with Gasteiger partial charge in [-0.3, -0.25) is 9.59 Å². The molecule has 0 fully saturated rings. The van der Waals surface area contributed by atoms with Gasteiger partial charge in [0, 0.05) is 18.0 Å². The zero-order chi connectivity index (χ0) is 16.8. The molecule has 1 atom stereocenters. The van der Waals surface area contributed by atoms with E-state index in [-0.39, 0.29) is 19.0 Å². The SMILES string of the molecule is CC(Sc1ccccc1C(=O)NCCNS(C)(=O)=O)C(=O)O. The lowest BCUT2D eigenvalue weighted by Crippen LogP contribution is -2.34. The second-order valence-corrected chi connectivity index (χ2v) is 7.73. The van der Waals surface area contributed by atoms with Crippen molar-refractivity contribution in [3.63, 3.8) is 0 Å². The molecule has 0 aromatic heterocycles. The van der Waals surface area contributed by atoms with E-state index in [0.717, 1.165) is 18.0 Å². The van der Waals surface area contributed by atoms with E-state index in [9.17, 15) is 18.0 Å². The van der Waals surface area contributed by atoms with Crippen LogP contribution in [0.2, 0.25) is 0 Å². The van der Waals surface area contributed by atoms with Gasteiger partial charge in [-0.1, -0.05) is 12.1 Å². The summed E-state index contributed by atoms with van der Waals surface area (Å²) < 4.78 is 24.1. The van der Waals surface area contributed by atoms with E-state index < -0.39 is 21.2 Å². The third-order valence-corrected chi connectivity index (χ3v) is 4.45. The fourth-order valence-corrected chi connectivity index (χ4v) is 2.90. The molecule has 0 bridgehead atoms. The number of amides is 1. The van der Waals surface area contributed by atoms with E-state index in [0.29, 0.717) is 10.5 Å². The van der Waals surface area contributed by atoms with E-state index >= 15 is 0 Å². The van der Waals surface area contributed by atoms with Crippen molar-refractivity contribution in [2.24, 2.45) is 0 Å². The van der Waals surface area contributed by atoms with Crippen LogP contribution < -0.4 is 10.0 Å². The molecule has 0 saturated heterocycles. The zero-order valence-corrected chi connectivity index (χ0v) is 13.8. The molecule has 7 nitrogen and oxygen atoms in total. The predicted molar refractivity (Wildman–Crippen MR) is 84.6 cm³/mol. The number of rotatable bonds is 8. The molecule has 0 aliphatic carbocycles. The Hall–Kier alpha value is -1.58. The van der Waals surface area contributed by atoms with Gasteiger partial charge in [0.05, 0.1) is 11.8 Å². The number of sulfonamides is 1. The van der Waals surface area contributed by atoms with Crippen molar-refractivity contribution in [2.45, 2.75) is 17.1 Å². The van der Waals surface area contributed by atoms with E-state index in [1.54, 1.807) is 24.3 Å². The molecule has 0 aliphatic rings. The minimum Gasteiger partial charge on any atom is -0.480 e. The van der Waals surface area contributed by atoms with Crippen LogP contribution in [0.15, 0.2) is 29.2 Å². The Morgan fingerprint density at radius 1 is 1.27 bits per heavy atom. The zero-order valence-electron chi connectivity index (χ0n) is 12.2. The Bertz CT molecular complexity index is 646. The predicted octanol–water partition coefficient (Wildman–Crippen LogP) is 0.531. The molecule has 1 amide bonds. The van der Waals surface area contributed by atoms with Gasteiger partial charge >= 0.3 is 5.97 Å². The first kappa shape index (κ1) is 18.5. The van der Waals surface area contributed by atoms with Crippen molar-refractivity contribution in [1.82, 2.24) is 10.0 Å². The third kappa shape index (κ3) is 6.46. The molecule has 0 radical (unpaired) electrons. The number of carboxylic acid groups (broad SMARTS) is 1. The van der Waals surface area contributed by atoms with Gasteiger partial charge in [-0.05, 0) is 19.1 Å². The molecule has 122 valence electrons. The highest BCUT2D eigenvalue weighted by Gasteiger charge is 2.17.